The predicted octanol–water partition coefficient (Wildman–Crippen LogP) is 6.56. The maximum atomic E-state index is 13.5. The van der Waals surface area contributed by atoms with Crippen LogP contribution in [0.5, 0.6) is 0 Å². The van der Waals surface area contributed by atoms with Gasteiger partial charge in [0.2, 0.25) is 0 Å². The number of rotatable bonds is 11. The standard InChI is InChI=1S/C23H37BrF3N3O3SSi/c1-21(2,3)34(31)29-18(14-33-22(4,5)23(25,26)27)20-28-17-10-9-16(24)13-19(17)30(20)15-32-11-12-35(6,7)8/h9-10,13,18,29H,11-12,14-15H2,1-8H3/t18-,34+/m0/s1. The molecule has 1 aromatic carbocycles. The average Bonchev–Trinajstić information content (AvgIpc) is 3.03. The summed E-state index contributed by atoms with van der Waals surface area (Å²) in [5.41, 5.74) is -0.977. The first-order valence-electron chi connectivity index (χ1n) is 11.4. The molecule has 6 nitrogen and oxygen atoms in total. The number of imidazole rings is 1. The van der Waals surface area contributed by atoms with E-state index in [2.05, 4.69) is 40.3 Å². The lowest BCUT2D eigenvalue weighted by Gasteiger charge is -2.31. The lowest BCUT2D eigenvalue weighted by atomic mass is 10.1. The van der Waals surface area contributed by atoms with Crippen LogP contribution in [0.25, 0.3) is 11.0 Å². The van der Waals surface area contributed by atoms with Crippen molar-refractivity contribution in [2.45, 2.75) is 89.6 Å². The largest absolute Gasteiger partial charge is 0.416 e. The van der Waals surface area contributed by atoms with Gasteiger partial charge in [0.1, 0.15) is 18.6 Å². The number of nitrogens with zero attached hydrogens (tertiary/aromatic N) is 2. The third kappa shape index (κ3) is 8.63. The first-order chi connectivity index (χ1) is 15.8. The molecule has 35 heavy (non-hydrogen) atoms. The molecule has 2 atom stereocenters. The Morgan fingerprint density at radius 3 is 2.34 bits per heavy atom. The average molecular weight is 601 g/mol. The minimum absolute atomic E-state index is 0.162. The molecule has 0 aliphatic rings. The highest BCUT2D eigenvalue weighted by molar-refractivity contribution is 9.10. The maximum Gasteiger partial charge on any atom is 0.416 e. The molecule has 0 spiro atoms. The van der Waals surface area contributed by atoms with E-state index in [9.17, 15) is 17.4 Å². The molecule has 0 aliphatic carbocycles. The van der Waals surface area contributed by atoms with E-state index in [1.165, 1.54) is 0 Å². The highest BCUT2D eigenvalue weighted by Crippen LogP contribution is 2.34. The molecule has 200 valence electrons. The van der Waals surface area contributed by atoms with Gasteiger partial charge >= 0.3 is 6.18 Å². The Bertz CT molecular complexity index is 1030. The Morgan fingerprint density at radius 1 is 1.17 bits per heavy atom. The van der Waals surface area contributed by atoms with Crippen LogP contribution >= 0.6 is 15.9 Å². The Morgan fingerprint density at radius 2 is 1.80 bits per heavy atom. The Balaban J connectivity index is 2.47. The zero-order valence-electron chi connectivity index (χ0n) is 21.7. The van der Waals surface area contributed by atoms with Crippen molar-refractivity contribution in [3.05, 3.63) is 28.5 Å². The smallest absolute Gasteiger partial charge is 0.364 e. The van der Waals surface area contributed by atoms with Crippen LogP contribution in [0.2, 0.25) is 25.7 Å². The van der Waals surface area contributed by atoms with Gasteiger partial charge < -0.3 is 14.0 Å². The van der Waals surface area contributed by atoms with Gasteiger partial charge in [-0.3, -0.25) is 0 Å². The van der Waals surface area contributed by atoms with Crippen molar-refractivity contribution < 1.29 is 26.9 Å². The quantitative estimate of drug-likeness (QED) is 0.234. The first-order valence-corrected chi connectivity index (χ1v) is 17.1. The highest BCUT2D eigenvalue weighted by Gasteiger charge is 2.49. The van der Waals surface area contributed by atoms with Crippen molar-refractivity contribution in [3.63, 3.8) is 0 Å². The SMILES string of the molecule is CC(C)(C)[S@@](=O)N[C@@H](COC(C)(C)C(F)(F)F)c1nc2ccc(Br)cc2n1COCC[Si](C)(C)C. The van der Waals surface area contributed by atoms with Crippen molar-refractivity contribution in [1.82, 2.24) is 14.3 Å². The Labute approximate surface area is 218 Å². The van der Waals surface area contributed by atoms with Crippen LogP contribution in [0.4, 0.5) is 13.2 Å². The molecule has 2 rings (SSSR count). The number of ether oxygens (including phenoxy) is 2. The third-order valence-electron chi connectivity index (χ3n) is 5.37. The molecule has 1 heterocycles. The number of nitrogens with one attached hydrogen (secondary N) is 1. The van der Waals surface area contributed by atoms with E-state index in [0.29, 0.717) is 17.9 Å². The number of hydrogen-bond acceptors (Lipinski definition) is 4. The molecular formula is C23H37BrF3N3O3SSi. The third-order valence-corrected chi connectivity index (χ3v) is 9.18. The molecule has 0 fully saturated rings. The van der Waals surface area contributed by atoms with Gasteiger partial charge in [-0.25, -0.2) is 13.9 Å². The van der Waals surface area contributed by atoms with E-state index in [0.717, 1.165) is 29.9 Å². The fourth-order valence-corrected chi connectivity index (χ4v) is 4.78. The number of fused-ring (bicyclic) bond motifs is 1. The number of alkyl halides is 3. The Kier molecular flexibility index (Phi) is 9.83. The van der Waals surface area contributed by atoms with Crippen LogP contribution in [-0.4, -0.2) is 51.6 Å². The van der Waals surface area contributed by atoms with Crippen molar-refractivity contribution in [3.8, 4) is 0 Å². The van der Waals surface area contributed by atoms with Crippen LogP contribution in [-0.2, 0) is 27.2 Å². The van der Waals surface area contributed by atoms with E-state index in [1.807, 2.05) is 22.8 Å². The number of aromatic nitrogens is 2. The summed E-state index contributed by atoms with van der Waals surface area (Å²) in [5, 5.41) is 0. The monoisotopic (exact) mass is 599 g/mol. The zero-order valence-corrected chi connectivity index (χ0v) is 25.1. The molecule has 0 bridgehead atoms. The molecule has 12 heteroatoms. The second-order valence-electron chi connectivity index (χ2n) is 11.2. The fraction of sp³-hybridized carbons (Fsp3) is 0.696. The van der Waals surface area contributed by atoms with Crippen molar-refractivity contribution >= 4 is 46.0 Å². The summed E-state index contributed by atoms with van der Waals surface area (Å²) in [5.74, 6) is 0.404. The summed E-state index contributed by atoms with van der Waals surface area (Å²) in [4.78, 5) is 4.69. The summed E-state index contributed by atoms with van der Waals surface area (Å²) in [6, 6.07) is 5.64. The lowest BCUT2D eigenvalue weighted by molar-refractivity contribution is -0.265. The van der Waals surface area contributed by atoms with Crippen LogP contribution in [0.1, 0.15) is 46.5 Å². The minimum atomic E-state index is -4.56. The van der Waals surface area contributed by atoms with Crippen molar-refractivity contribution in [2.75, 3.05) is 13.2 Å². The normalized spacial score (nSPS) is 15.5. The van der Waals surface area contributed by atoms with Gasteiger partial charge in [0, 0.05) is 19.2 Å². The van der Waals surface area contributed by atoms with Gasteiger partial charge in [-0.1, -0.05) is 35.6 Å². The van der Waals surface area contributed by atoms with E-state index in [1.54, 1.807) is 20.8 Å². The Hall–Kier alpha value is -0.793. The molecule has 1 N–H and O–H groups in total. The van der Waals surface area contributed by atoms with Gasteiger partial charge in [-0.2, -0.15) is 13.2 Å². The van der Waals surface area contributed by atoms with E-state index in [4.69, 9.17) is 14.5 Å². The molecule has 0 radical (unpaired) electrons. The van der Waals surface area contributed by atoms with Crippen molar-refractivity contribution in [1.29, 1.82) is 0 Å². The van der Waals surface area contributed by atoms with Gasteiger partial charge in [0.25, 0.3) is 0 Å². The number of halogens is 4. The van der Waals surface area contributed by atoms with E-state index in [-0.39, 0.29) is 13.3 Å². The van der Waals surface area contributed by atoms with Crippen molar-refractivity contribution in [2.24, 2.45) is 0 Å². The second-order valence-corrected chi connectivity index (χ2v) is 19.8. The molecule has 0 saturated heterocycles. The summed E-state index contributed by atoms with van der Waals surface area (Å²) in [7, 11) is -2.89. The summed E-state index contributed by atoms with van der Waals surface area (Å²) in [6.45, 7) is 14.4. The summed E-state index contributed by atoms with van der Waals surface area (Å²) >= 11 is 3.48. The summed E-state index contributed by atoms with van der Waals surface area (Å²) < 4.78 is 69.7. The second kappa shape index (κ2) is 11.3. The number of benzene rings is 1. The van der Waals surface area contributed by atoms with Gasteiger partial charge in [0.15, 0.2) is 5.60 Å². The van der Waals surface area contributed by atoms with Crippen LogP contribution in [0.15, 0.2) is 22.7 Å². The first kappa shape index (κ1) is 30.4. The molecular weight excluding hydrogens is 563 g/mol. The molecule has 1 aromatic heterocycles. The fourth-order valence-electron chi connectivity index (χ4n) is 2.89. The van der Waals surface area contributed by atoms with Crippen LogP contribution < -0.4 is 4.72 Å². The van der Waals surface area contributed by atoms with Crippen LogP contribution in [0, 0.1) is 0 Å². The topological polar surface area (TPSA) is 65.4 Å². The van der Waals surface area contributed by atoms with Gasteiger partial charge in [0.05, 0.1) is 33.4 Å². The summed E-state index contributed by atoms with van der Waals surface area (Å²) in [6.07, 6.45) is -4.56. The highest BCUT2D eigenvalue weighted by atomic mass is 79.9. The van der Waals surface area contributed by atoms with E-state index < -0.39 is 41.6 Å². The van der Waals surface area contributed by atoms with Crippen LogP contribution in [0.3, 0.4) is 0 Å². The predicted molar refractivity (Wildman–Crippen MR) is 141 cm³/mol. The van der Waals surface area contributed by atoms with E-state index >= 15 is 0 Å². The molecule has 0 saturated carbocycles. The lowest BCUT2D eigenvalue weighted by Crippen LogP contribution is -2.45. The molecule has 0 aliphatic heterocycles. The minimum Gasteiger partial charge on any atom is -0.364 e. The molecule has 2 aromatic rings. The maximum absolute atomic E-state index is 13.5. The van der Waals surface area contributed by atoms with Gasteiger partial charge in [-0.15, -0.1) is 0 Å². The van der Waals surface area contributed by atoms with Gasteiger partial charge in [-0.05, 0) is 58.9 Å². The zero-order chi connectivity index (χ0) is 26.8. The molecule has 0 amide bonds. The molecule has 0 unspecified atom stereocenters. The number of hydrogen-bond donors (Lipinski definition) is 1.